The van der Waals surface area contributed by atoms with Gasteiger partial charge in [-0.1, -0.05) is 6.07 Å². The van der Waals surface area contributed by atoms with Crippen molar-refractivity contribution in [2.75, 3.05) is 12.8 Å². The minimum Gasteiger partial charge on any atom is -0.480 e. The molecule has 3 aromatic heterocycles. The molecule has 0 aliphatic heterocycles. The molecule has 102 valence electrons. The van der Waals surface area contributed by atoms with E-state index in [0.717, 1.165) is 5.56 Å². The number of hydrogen-bond acceptors (Lipinski definition) is 7. The van der Waals surface area contributed by atoms with E-state index in [1.807, 2.05) is 12.1 Å². The molecule has 0 spiro atoms. The Bertz CT molecular complexity index is 755. The SMILES string of the molecule is COc1nc(N)c2nc(O)n(Cc3cccnc3)c2n1. The molecule has 20 heavy (non-hydrogen) atoms. The van der Waals surface area contributed by atoms with Gasteiger partial charge in [-0.25, -0.2) is 0 Å². The third-order valence-electron chi connectivity index (χ3n) is 2.83. The van der Waals surface area contributed by atoms with Gasteiger partial charge in [-0.2, -0.15) is 15.0 Å². The van der Waals surface area contributed by atoms with Crippen LogP contribution in [0.5, 0.6) is 12.0 Å². The minimum absolute atomic E-state index is 0.127. The standard InChI is InChI=1S/C12H12N6O2/c1-20-11-16-9(13)8-10(17-11)18(12(19)15-8)6-7-3-2-4-14-5-7/h2-5H,6H2,1H3,(H,15,19)(H2,13,16,17). The third kappa shape index (κ3) is 1.96. The van der Waals surface area contributed by atoms with Crippen LogP contribution in [0.25, 0.3) is 11.2 Å². The fraction of sp³-hybridized carbons (Fsp3) is 0.167. The number of hydrogen-bond donors (Lipinski definition) is 2. The summed E-state index contributed by atoms with van der Waals surface area (Å²) in [5, 5.41) is 9.95. The molecular formula is C12H12N6O2. The first-order valence-corrected chi connectivity index (χ1v) is 5.84. The van der Waals surface area contributed by atoms with Crippen molar-refractivity contribution in [2.24, 2.45) is 0 Å². The Balaban J connectivity index is 2.14. The maximum atomic E-state index is 9.95. The number of aromatic hydroxyl groups is 1. The lowest BCUT2D eigenvalue weighted by Gasteiger charge is -2.05. The molecule has 0 aliphatic rings. The van der Waals surface area contributed by atoms with Gasteiger partial charge in [0.25, 0.3) is 6.01 Å². The molecule has 0 atom stereocenters. The number of nitrogens with two attached hydrogens (primary N) is 1. The number of nitrogens with zero attached hydrogens (tertiary/aromatic N) is 5. The normalized spacial score (nSPS) is 10.8. The van der Waals surface area contributed by atoms with E-state index >= 15 is 0 Å². The summed E-state index contributed by atoms with van der Waals surface area (Å²) in [4.78, 5) is 16.1. The minimum atomic E-state index is -0.182. The number of aromatic nitrogens is 5. The topological polar surface area (TPSA) is 112 Å². The van der Waals surface area contributed by atoms with Crippen molar-refractivity contribution in [3.63, 3.8) is 0 Å². The summed E-state index contributed by atoms with van der Waals surface area (Å²) in [6.45, 7) is 0.371. The molecule has 3 rings (SSSR count). The summed E-state index contributed by atoms with van der Waals surface area (Å²) in [5.74, 6) is 0.159. The van der Waals surface area contributed by atoms with Crippen molar-refractivity contribution in [1.82, 2.24) is 24.5 Å². The Kier molecular flexibility index (Phi) is 2.82. The lowest BCUT2D eigenvalue weighted by atomic mass is 10.3. The largest absolute Gasteiger partial charge is 0.480 e. The van der Waals surface area contributed by atoms with Crippen LogP contribution in [-0.2, 0) is 6.54 Å². The molecule has 0 amide bonds. The molecule has 0 radical (unpaired) electrons. The molecule has 8 heteroatoms. The zero-order valence-corrected chi connectivity index (χ0v) is 10.7. The van der Waals surface area contributed by atoms with Crippen molar-refractivity contribution in [2.45, 2.75) is 6.54 Å². The Hall–Kier alpha value is -2.90. The summed E-state index contributed by atoms with van der Waals surface area (Å²) in [5.41, 5.74) is 7.43. The number of fused-ring (bicyclic) bond motifs is 1. The quantitative estimate of drug-likeness (QED) is 0.716. The van der Waals surface area contributed by atoms with Gasteiger partial charge in [-0.15, -0.1) is 0 Å². The number of imidazole rings is 1. The van der Waals surface area contributed by atoms with E-state index in [2.05, 4.69) is 19.9 Å². The Morgan fingerprint density at radius 3 is 2.90 bits per heavy atom. The second kappa shape index (κ2) is 4.65. The second-order valence-electron chi connectivity index (χ2n) is 4.13. The first-order chi connectivity index (χ1) is 9.69. The van der Waals surface area contributed by atoms with Gasteiger partial charge in [0.05, 0.1) is 13.7 Å². The first kappa shape index (κ1) is 12.2. The first-order valence-electron chi connectivity index (χ1n) is 5.84. The molecule has 0 aromatic carbocycles. The molecule has 0 unspecified atom stereocenters. The van der Waals surface area contributed by atoms with Crippen LogP contribution in [0, 0.1) is 0 Å². The third-order valence-corrected chi connectivity index (χ3v) is 2.83. The van der Waals surface area contributed by atoms with Crippen LogP contribution < -0.4 is 10.5 Å². The number of methoxy groups -OCH3 is 1. The van der Waals surface area contributed by atoms with E-state index in [4.69, 9.17) is 10.5 Å². The predicted molar refractivity (Wildman–Crippen MR) is 71.3 cm³/mol. The van der Waals surface area contributed by atoms with Crippen molar-refractivity contribution >= 4 is 17.0 Å². The summed E-state index contributed by atoms with van der Waals surface area (Å²) in [6.07, 6.45) is 3.38. The van der Waals surface area contributed by atoms with Crippen LogP contribution in [0.1, 0.15) is 5.56 Å². The molecule has 3 heterocycles. The maximum Gasteiger partial charge on any atom is 0.320 e. The lowest BCUT2D eigenvalue weighted by molar-refractivity contribution is 0.381. The summed E-state index contributed by atoms with van der Waals surface area (Å²) < 4.78 is 6.50. The highest BCUT2D eigenvalue weighted by Crippen LogP contribution is 2.25. The number of nitrogen functional groups attached to an aromatic ring is 1. The Morgan fingerprint density at radius 1 is 1.35 bits per heavy atom. The number of ether oxygens (including phenoxy) is 1. The molecule has 0 fully saturated rings. The highest BCUT2D eigenvalue weighted by Gasteiger charge is 2.16. The van der Waals surface area contributed by atoms with Gasteiger partial charge in [0.2, 0.25) is 0 Å². The maximum absolute atomic E-state index is 9.95. The molecule has 0 saturated heterocycles. The van der Waals surface area contributed by atoms with E-state index in [0.29, 0.717) is 17.7 Å². The number of anilines is 1. The molecule has 0 saturated carbocycles. The Labute approximate surface area is 113 Å². The highest BCUT2D eigenvalue weighted by atomic mass is 16.5. The molecular weight excluding hydrogens is 260 g/mol. The van der Waals surface area contributed by atoms with E-state index in [1.165, 1.54) is 11.7 Å². The summed E-state index contributed by atoms with van der Waals surface area (Å²) >= 11 is 0. The summed E-state index contributed by atoms with van der Waals surface area (Å²) in [6, 6.07) is 3.65. The van der Waals surface area contributed by atoms with Crippen molar-refractivity contribution in [1.29, 1.82) is 0 Å². The predicted octanol–water partition coefficient (Wildman–Crippen LogP) is 0.566. The molecule has 0 aliphatic carbocycles. The van der Waals surface area contributed by atoms with Gasteiger partial charge >= 0.3 is 6.01 Å². The van der Waals surface area contributed by atoms with E-state index in [-0.39, 0.29) is 17.8 Å². The fourth-order valence-electron chi connectivity index (χ4n) is 1.90. The molecule has 3 N–H and O–H groups in total. The highest BCUT2D eigenvalue weighted by molar-refractivity contribution is 5.83. The average molecular weight is 272 g/mol. The van der Waals surface area contributed by atoms with Crippen LogP contribution in [0.2, 0.25) is 0 Å². The van der Waals surface area contributed by atoms with E-state index in [9.17, 15) is 5.11 Å². The molecule has 3 aromatic rings. The van der Waals surface area contributed by atoms with Crippen LogP contribution >= 0.6 is 0 Å². The summed E-state index contributed by atoms with van der Waals surface area (Å²) in [7, 11) is 1.45. The van der Waals surface area contributed by atoms with Gasteiger partial charge < -0.3 is 15.6 Å². The van der Waals surface area contributed by atoms with Crippen molar-refractivity contribution in [3.8, 4) is 12.0 Å². The zero-order valence-electron chi connectivity index (χ0n) is 10.7. The van der Waals surface area contributed by atoms with E-state index in [1.54, 1.807) is 12.4 Å². The monoisotopic (exact) mass is 272 g/mol. The van der Waals surface area contributed by atoms with Gasteiger partial charge in [-0.3, -0.25) is 9.55 Å². The Morgan fingerprint density at radius 2 is 2.20 bits per heavy atom. The number of pyridine rings is 1. The van der Waals surface area contributed by atoms with Crippen LogP contribution in [0.3, 0.4) is 0 Å². The van der Waals surface area contributed by atoms with Gasteiger partial charge in [-0.05, 0) is 11.6 Å². The van der Waals surface area contributed by atoms with Crippen molar-refractivity contribution in [3.05, 3.63) is 30.1 Å². The number of rotatable bonds is 3. The fourth-order valence-corrected chi connectivity index (χ4v) is 1.90. The molecule has 0 bridgehead atoms. The zero-order chi connectivity index (χ0) is 14.1. The van der Waals surface area contributed by atoms with Crippen LogP contribution in [-0.4, -0.2) is 36.7 Å². The van der Waals surface area contributed by atoms with Gasteiger partial charge in [0.1, 0.15) is 0 Å². The average Bonchev–Trinajstić information content (AvgIpc) is 2.77. The lowest BCUT2D eigenvalue weighted by Crippen LogP contribution is -2.03. The van der Waals surface area contributed by atoms with Crippen molar-refractivity contribution < 1.29 is 9.84 Å². The van der Waals surface area contributed by atoms with Crippen LogP contribution in [0.4, 0.5) is 5.82 Å². The van der Waals surface area contributed by atoms with E-state index < -0.39 is 0 Å². The van der Waals surface area contributed by atoms with Gasteiger partial charge in [0, 0.05) is 12.4 Å². The second-order valence-corrected chi connectivity index (χ2v) is 4.13. The van der Waals surface area contributed by atoms with Crippen LogP contribution in [0.15, 0.2) is 24.5 Å². The van der Waals surface area contributed by atoms with Gasteiger partial charge in [0.15, 0.2) is 17.0 Å². The molecule has 8 nitrogen and oxygen atoms in total. The smallest absolute Gasteiger partial charge is 0.320 e.